The fourth-order valence-corrected chi connectivity index (χ4v) is 8.02. The van der Waals surface area contributed by atoms with Crippen LogP contribution in [0.3, 0.4) is 0 Å². The van der Waals surface area contributed by atoms with E-state index in [1.165, 1.54) is 55.2 Å². The number of hydrogen-bond acceptors (Lipinski definition) is 10. The van der Waals surface area contributed by atoms with Gasteiger partial charge in [0, 0.05) is 53.4 Å². The van der Waals surface area contributed by atoms with Crippen LogP contribution >= 0.6 is 0 Å². The van der Waals surface area contributed by atoms with Crippen molar-refractivity contribution in [2.45, 2.75) is 119 Å². The molecule has 372 valence electrons. The first kappa shape index (κ1) is 53.0. The molecule has 0 fully saturated rings. The van der Waals surface area contributed by atoms with Crippen LogP contribution in [0.15, 0.2) is 140 Å². The number of ether oxygens (including phenoxy) is 5. The van der Waals surface area contributed by atoms with Gasteiger partial charge in [-0.15, -0.1) is 0 Å². The van der Waals surface area contributed by atoms with E-state index in [1.54, 1.807) is 38.1 Å². The van der Waals surface area contributed by atoms with Gasteiger partial charge in [-0.3, -0.25) is 9.59 Å². The van der Waals surface area contributed by atoms with Gasteiger partial charge in [0.2, 0.25) is 0 Å². The SMILES string of the molecule is C=CC(=O)Oc1ccc(N(c2ccc(OCCCCCCCCCCCCOc3ccc(N(c4ccc(C)c(C)c4)c4ccc(OC(=O)CC)c(OC(=O)CC)c4)cc3)cc2)c2ccc(C)c(C)c2)cc1. The predicted molar refractivity (Wildman–Crippen MR) is 286 cm³/mol. The second-order valence-corrected chi connectivity index (χ2v) is 17.8. The van der Waals surface area contributed by atoms with Crippen molar-refractivity contribution in [3.8, 4) is 28.7 Å². The van der Waals surface area contributed by atoms with Gasteiger partial charge < -0.3 is 33.5 Å². The van der Waals surface area contributed by atoms with Crippen LogP contribution in [0.4, 0.5) is 34.1 Å². The van der Waals surface area contributed by atoms with Crippen molar-refractivity contribution in [1.29, 1.82) is 0 Å². The summed E-state index contributed by atoms with van der Waals surface area (Å²) in [5.41, 5.74) is 10.3. The molecule has 0 spiro atoms. The maximum absolute atomic E-state index is 12.4. The maximum atomic E-state index is 12.4. The minimum absolute atomic E-state index is 0.183. The van der Waals surface area contributed by atoms with Crippen LogP contribution < -0.4 is 33.5 Å². The third kappa shape index (κ3) is 15.8. The van der Waals surface area contributed by atoms with E-state index in [-0.39, 0.29) is 24.3 Å². The van der Waals surface area contributed by atoms with Gasteiger partial charge in [-0.25, -0.2) is 4.79 Å². The Morgan fingerprint density at radius 1 is 0.408 bits per heavy atom. The van der Waals surface area contributed by atoms with E-state index in [1.807, 2.05) is 54.6 Å². The van der Waals surface area contributed by atoms with Crippen molar-refractivity contribution in [3.05, 3.63) is 162 Å². The minimum atomic E-state index is -0.488. The Hall–Kier alpha value is -7.33. The summed E-state index contributed by atoms with van der Waals surface area (Å²) in [6.07, 6.45) is 13.3. The second kappa shape index (κ2) is 27.2. The Labute approximate surface area is 421 Å². The third-order valence-electron chi connectivity index (χ3n) is 12.5. The van der Waals surface area contributed by atoms with E-state index in [0.29, 0.717) is 19.0 Å². The predicted octanol–water partition coefficient (Wildman–Crippen LogP) is 15.9. The molecule has 0 saturated heterocycles. The zero-order valence-electron chi connectivity index (χ0n) is 42.5. The van der Waals surface area contributed by atoms with E-state index in [0.717, 1.165) is 82.9 Å². The van der Waals surface area contributed by atoms with Crippen molar-refractivity contribution in [3.63, 3.8) is 0 Å². The highest BCUT2D eigenvalue weighted by atomic mass is 16.6. The fourth-order valence-electron chi connectivity index (χ4n) is 8.02. The summed E-state index contributed by atoms with van der Waals surface area (Å²) in [4.78, 5) is 40.6. The zero-order valence-corrected chi connectivity index (χ0v) is 42.5. The zero-order chi connectivity index (χ0) is 50.5. The summed E-state index contributed by atoms with van der Waals surface area (Å²) in [5, 5.41) is 0. The first-order valence-corrected chi connectivity index (χ1v) is 25.2. The Morgan fingerprint density at radius 2 is 0.761 bits per heavy atom. The van der Waals surface area contributed by atoms with Gasteiger partial charge >= 0.3 is 17.9 Å². The number of rotatable bonds is 27. The normalized spacial score (nSPS) is 10.8. The number of nitrogens with zero attached hydrogens (tertiary/aromatic N) is 2. The van der Waals surface area contributed by atoms with E-state index in [4.69, 9.17) is 23.7 Å². The van der Waals surface area contributed by atoms with E-state index >= 15 is 0 Å². The van der Waals surface area contributed by atoms with Gasteiger partial charge in [0.25, 0.3) is 0 Å². The first-order valence-electron chi connectivity index (χ1n) is 25.2. The number of hydrogen-bond donors (Lipinski definition) is 0. The van der Waals surface area contributed by atoms with Crippen LogP contribution in [0.5, 0.6) is 28.7 Å². The summed E-state index contributed by atoms with van der Waals surface area (Å²) in [7, 11) is 0. The van der Waals surface area contributed by atoms with Crippen molar-refractivity contribution in [2.24, 2.45) is 0 Å². The molecule has 10 heteroatoms. The van der Waals surface area contributed by atoms with Crippen molar-refractivity contribution in [2.75, 3.05) is 23.0 Å². The van der Waals surface area contributed by atoms with Crippen LogP contribution in [-0.2, 0) is 14.4 Å². The number of aryl methyl sites for hydroxylation is 4. The third-order valence-corrected chi connectivity index (χ3v) is 12.5. The topological polar surface area (TPSA) is 104 Å². The molecule has 0 radical (unpaired) electrons. The van der Waals surface area contributed by atoms with Gasteiger partial charge in [0.05, 0.1) is 18.9 Å². The lowest BCUT2D eigenvalue weighted by molar-refractivity contribution is -0.136. The largest absolute Gasteiger partial charge is 0.494 e. The molecule has 0 saturated carbocycles. The van der Waals surface area contributed by atoms with Crippen LogP contribution in [0.2, 0.25) is 0 Å². The summed E-state index contributed by atoms with van der Waals surface area (Å²) >= 11 is 0. The van der Waals surface area contributed by atoms with Crippen LogP contribution in [-0.4, -0.2) is 31.1 Å². The summed E-state index contributed by atoms with van der Waals surface area (Å²) in [6, 6.07) is 41.7. The van der Waals surface area contributed by atoms with Gasteiger partial charge in [-0.05, 0) is 172 Å². The first-order chi connectivity index (χ1) is 34.5. The van der Waals surface area contributed by atoms with Crippen molar-refractivity contribution >= 4 is 52.0 Å². The second-order valence-electron chi connectivity index (χ2n) is 17.8. The number of carbonyl (C=O) groups excluding carboxylic acids is 3. The van der Waals surface area contributed by atoms with Gasteiger partial charge in [0.15, 0.2) is 11.5 Å². The van der Waals surface area contributed by atoms with Gasteiger partial charge in [-0.2, -0.15) is 0 Å². The quantitative estimate of drug-likeness (QED) is 0.0214. The van der Waals surface area contributed by atoms with Crippen molar-refractivity contribution in [1.82, 2.24) is 0 Å². The lowest BCUT2D eigenvalue weighted by atomic mass is 10.1. The minimum Gasteiger partial charge on any atom is -0.494 e. The molecular formula is C61H70N2O8. The van der Waals surface area contributed by atoms with Gasteiger partial charge in [0.1, 0.15) is 17.2 Å². The molecule has 6 aromatic carbocycles. The Kier molecular flexibility index (Phi) is 20.3. The van der Waals surface area contributed by atoms with E-state index in [2.05, 4.69) is 92.6 Å². The Balaban J connectivity index is 0.886. The molecule has 0 bridgehead atoms. The number of carbonyl (C=O) groups is 3. The molecule has 0 heterocycles. The average molecular weight is 959 g/mol. The number of unbranched alkanes of at least 4 members (excludes halogenated alkanes) is 9. The number of anilines is 6. The molecule has 0 aromatic heterocycles. The lowest BCUT2D eigenvalue weighted by Crippen LogP contribution is -2.13. The highest BCUT2D eigenvalue weighted by molar-refractivity contribution is 5.84. The average Bonchev–Trinajstić information content (AvgIpc) is 3.38. The highest BCUT2D eigenvalue weighted by Gasteiger charge is 2.20. The molecule has 0 aliphatic heterocycles. The Bertz CT molecular complexity index is 2680. The standard InChI is InChI=1S/C61H70N2O8/c1-8-59(64)69-56-36-29-49(30-37-56)62(51-23-21-44(4)46(6)41-51)48-25-32-54(33-26-48)67-39-19-17-15-13-11-12-14-16-18-20-40-68-55-34-27-50(28-35-55)63(52-24-22-45(5)47(7)42-52)53-31-38-57(70-60(65)9-2)58(43-53)71-61(66)10-3/h8,21-38,41-43H,1,9-20,39-40H2,2-7H3. The molecule has 6 aromatic rings. The molecule has 71 heavy (non-hydrogen) atoms. The number of esters is 3. The summed E-state index contributed by atoms with van der Waals surface area (Å²) in [6.45, 7) is 16.7. The van der Waals surface area contributed by atoms with Gasteiger partial charge in [-0.1, -0.05) is 83.9 Å². The molecule has 0 atom stereocenters. The molecule has 0 aliphatic carbocycles. The Morgan fingerprint density at radius 3 is 1.17 bits per heavy atom. The monoisotopic (exact) mass is 959 g/mol. The highest BCUT2D eigenvalue weighted by Crippen LogP contribution is 2.41. The molecule has 0 aliphatic rings. The molecule has 0 N–H and O–H groups in total. The summed E-state index contributed by atoms with van der Waals surface area (Å²) < 4.78 is 28.8. The molecule has 0 unspecified atom stereocenters. The van der Waals surface area contributed by atoms with Crippen LogP contribution in [0.1, 0.15) is 113 Å². The molecular weight excluding hydrogens is 889 g/mol. The van der Waals surface area contributed by atoms with Crippen molar-refractivity contribution < 1.29 is 38.1 Å². The lowest BCUT2D eigenvalue weighted by Gasteiger charge is -2.27. The van der Waals surface area contributed by atoms with Crippen LogP contribution in [0, 0.1) is 27.7 Å². The fraction of sp³-hybridized carbons (Fsp3) is 0.328. The maximum Gasteiger partial charge on any atom is 0.335 e. The van der Waals surface area contributed by atoms with E-state index in [9.17, 15) is 14.4 Å². The molecule has 6 rings (SSSR count). The molecule has 0 amide bonds. The number of benzene rings is 6. The van der Waals surface area contributed by atoms with E-state index < -0.39 is 17.9 Å². The smallest absolute Gasteiger partial charge is 0.335 e. The van der Waals surface area contributed by atoms with Crippen LogP contribution in [0.25, 0.3) is 0 Å². The molecule has 10 nitrogen and oxygen atoms in total. The summed E-state index contributed by atoms with van der Waals surface area (Å²) in [5.74, 6) is 1.21.